The van der Waals surface area contributed by atoms with E-state index in [-0.39, 0.29) is 12.2 Å². The van der Waals surface area contributed by atoms with Crippen molar-refractivity contribution >= 4 is 41.8 Å². The zero-order chi connectivity index (χ0) is 28.7. The summed E-state index contributed by atoms with van der Waals surface area (Å²) in [5.74, 6) is -0.723. The van der Waals surface area contributed by atoms with E-state index in [1.165, 1.54) is 12.1 Å². The molecule has 0 spiro atoms. The van der Waals surface area contributed by atoms with Gasteiger partial charge in [-0.2, -0.15) is 0 Å². The van der Waals surface area contributed by atoms with Gasteiger partial charge in [-0.25, -0.2) is 5.09 Å². The standard InChI is InChI=1S/C33H29NO5P2/c35-27-23-21-26(22-24-27)25-32(34-40(37,28-13-5-1-6-14-28)29-15-7-2-8-16-29)33(36)39-41(38,30-17-9-3-10-18-30)31-19-11-4-12-20-31/h1-24,32,35H,25H2,(H,34,37)/t32-/m0/s1. The highest BCUT2D eigenvalue weighted by molar-refractivity contribution is 7.77. The third kappa shape index (κ3) is 6.42. The van der Waals surface area contributed by atoms with Crippen LogP contribution in [0.25, 0.3) is 0 Å². The molecule has 0 bridgehead atoms. The summed E-state index contributed by atoms with van der Waals surface area (Å²) in [7, 11) is -7.46. The lowest BCUT2D eigenvalue weighted by Gasteiger charge is -2.28. The fourth-order valence-electron chi connectivity index (χ4n) is 4.54. The van der Waals surface area contributed by atoms with Crippen molar-refractivity contribution in [1.82, 2.24) is 5.09 Å². The van der Waals surface area contributed by atoms with Gasteiger partial charge in [-0.3, -0.25) is 13.9 Å². The molecule has 0 aliphatic rings. The lowest BCUT2D eigenvalue weighted by atomic mass is 10.1. The topological polar surface area (TPSA) is 92.7 Å². The summed E-state index contributed by atoms with van der Waals surface area (Å²) >= 11 is 0. The lowest BCUT2D eigenvalue weighted by molar-refractivity contribution is -0.135. The van der Waals surface area contributed by atoms with E-state index >= 15 is 0 Å². The Labute approximate surface area is 239 Å². The summed E-state index contributed by atoms with van der Waals surface area (Å²) < 4.78 is 35.4. The first-order valence-corrected chi connectivity index (χ1v) is 16.4. The van der Waals surface area contributed by atoms with Gasteiger partial charge in [-0.1, -0.05) is 84.9 Å². The van der Waals surface area contributed by atoms with Crippen LogP contribution in [0.4, 0.5) is 0 Å². The first-order valence-electron chi connectivity index (χ1n) is 13.1. The summed E-state index contributed by atoms with van der Waals surface area (Å²) in [5.41, 5.74) is 0.694. The number of nitrogens with one attached hydrogen (secondary N) is 1. The molecule has 0 unspecified atom stereocenters. The largest absolute Gasteiger partial charge is 0.508 e. The maximum Gasteiger partial charge on any atom is 0.329 e. The Balaban J connectivity index is 1.58. The van der Waals surface area contributed by atoms with Crippen molar-refractivity contribution in [1.29, 1.82) is 0 Å². The van der Waals surface area contributed by atoms with Gasteiger partial charge in [0.1, 0.15) is 11.8 Å². The van der Waals surface area contributed by atoms with Gasteiger partial charge in [-0.15, -0.1) is 0 Å². The Bertz CT molecular complexity index is 1590. The van der Waals surface area contributed by atoms with E-state index in [0.717, 1.165) is 0 Å². The molecule has 5 aromatic rings. The third-order valence-corrected chi connectivity index (χ3v) is 11.8. The molecule has 0 amide bonds. The molecule has 5 rings (SSSR count). The van der Waals surface area contributed by atoms with E-state index in [9.17, 15) is 19.0 Å². The zero-order valence-electron chi connectivity index (χ0n) is 22.1. The van der Waals surface area contributed by atoms with Crippen molar-refractivity contribution in [2.75, 3.05) is 0 Å². The minimum atomic E-state index is -3.88. The Morgan fingerprint density at radius 2 is 1.00 bits per heavy atom. The fraction of sp³-hybridized carbons (Fsp3) is 0.0606. The van der Waals surface area contributed by atoms with E-state index in [1.807, 2.05) is 12.1 Å². The van der Waals surface area contributed by atoms with Gasteiger partial charge < -0.3 is 9.63 Å². The highest BCUT2D eigenvalue weighted by atomic mass is 31.2. The van der Waals surface area contributed by atoms with Gasteiger partial charge in [0.2, 0.25) is 7.29 Å². The predicted octanol–water partition coefficient (Wildman–Crippen LogP) is 5.29. The van der Waals surface area contributed by atoms with Crippen LogP contribution in [0.2, 0.25) is 0 Å². The van der Waals surface area contributed by atoms with Gasteiger partial charge in [0, 0.05) is 10.6 Å². The zero-order valence-corrected chi connectivity index (χ0v) is 23.9. The number of hydrogen-bond acceptors (Lipinski definition) is 5. The molecular weight excluding hydrogens is 552 g/mol. The van der Waals surface area contributed by atoms with Crippen LogP contribution in [-0.2, 0) is 24.9 Å². The van der Waals surface area contributed by atoms with E-state index in [1.54, 1.807) is 121 Å². The minimum Gasteiger partial charge on any atom is -0.508 e. The number of hydrogen-bond donors (Lipinski definition) is 2. The molecule has 0 aromatic heterocycles. The smallest absolute Gasteiger partial charge is 0.329 e. The second-order valence-corrected chi connectivity index (χ2v) is 14.3. The Kier molecular flexibility index (Phi) is 8.66. The van der Waals surface area contributed by atoms with E-state index < -0.39 is 26.7 Å². The number of phenolic OH excluding ortho intramolecular Hbond substituents is 1. The van der Waals surface area contributed by atoms with Crippen LogP contribution in [0.1, 0.15) is 5.56 Å². The Morgan fingerprint density at radius 1 is 0.610 bits per heavy atom. The van der Waals surface area contributed by atoms with E-state index in [0.29, 0.717) is 26.8 Å². The number of carbonyl (C=O) groups is 1. The average Bonchev–Trinajstić information content (AvgIpc) is 3.03. The second kappa shape index (κ2) is 12.5. The molecule has 2 N–H and O–H groups in total. The van der Waals surface area contributed by atoms with Crippen molar-refractivity contribution in [3.63, 3.8) is 0 Å². The maximum atomic E-state index is 14.9. The fourth-order valence-corrected chi connectivity index (χ4v) is 8.97. The molecule has 206 valence electrons. The Hall–Kier alpha value is -4.21. The van der Waals surface area contributed by atoms with Crippen LogP contribution < -0.4 is 26.3 Å². The molecule has 0 fully saturated rings. The van der Waals surface area contributed by atoms with Crippen LogP contribution in [-0.4, -0.2) is 17.1 Å². The number of aromatic hydroxyl groups is 1. The number of benzene rings is 5. The van der Waals surface area contributed by atoms with Crippen LogP contribution in [0, 0.1) is 0 Å². The second-order valence-electron chi connectivity index (χ2n) is 9.47. The molecule has 8 heteroatoms. The monoisotopic (exact) mass is 581 g/mol. The summed E-state index contributed by atoms with van der Waals surface area (Å²) in [4.78, 5) is 14.1. The summed E-state index contributed by atoms with van der Waals surface area (Å²) in [6, 6.07) is 40.3. The molecule has 6 nitrogen and oxygen atoms in total. The van der Waals surface area contributed by atoms with Gasteiger partial charge in [-0.05, 0) is 72.6 Å². The SMILES string of the molecule is O=C(OP(=O)(c1ccccc1)c1ccccc1)[C@H](Cc1ccc(O)cc1)NP(=O)(c1ccccc1)c1ccccc1. The van der Waals surface area contributed by atoms with E-state index in [4.69, 9.17) is 4.52 Å². The highest BCUT2D eigenvalue weighted by Gasteiger charge is 2.38. The predicted molar refractivity (Wildman–Crippen MR) is 164 cm³/mol. The lowest BCUT2D eigenvalue weighted by Crippen LogP contribution is -2.43. The number of phenols is 1. The van der Waals surface area contributed by atoms with Crippen molar-refractivity contribution in [3.8, 4) is 5.75 Å². The van der Waals surface area contributed by atoms with Crippen LogP contribution in [0.5, 0.6) is 5.75 Å². The molecule has 41 heavy (non-hydrogen) atoms. The van der Waals surface area contributed by atoms with Crippen molar-refractivity contribution < 1.29 is 23.6 Å². The van der Waals surface area contributed by atoms with Crippen molar-refractivity contribution in [3.05, 3.63) is 151 Å². The van der Waals surface area contributed by atoms with E-state index in [2.05, 4.69) is 5.09 Å². The third-order valence-electron chi connectivity index (χ3n) is 6.65. The highest BCUT2D eigenvalue weighted by Crippen LogP contribution is 2.46. The molecule has 0 heterocycles. The summed E-state index contributed by atoms with van der Waals surface area (Å²) in [5, 5.41) is 14.7. The van der Waals surface area contributed by atoms with Crippen LogP contribution >= 0.6 is 14.7 Å². The molecule has 0 radical (unpaired) electrons. The van der Waals surface area contributed by atoms with Gasteiger partial charge in [0.15, 0.2) is 0 Å². The molecule has 0 aliphatic heterocycles. The normalized spacial score (nSPS) is 12.4. The molecule has 0 saturated heterocycles. The molecule has 0 aliphatic carbocycles. The Morgan fingerprint density at radius 3 is 1.41 bits per heavy atom. The summed E-state index contributed by atoms with van der Waals surface area (Å²) in [6.45, 7) is 0. The van der Waals surface area contributed by atoms with Gasteiger partial charge >= 0.3 is 13.3 Å². The molecular formula is C33H29NO5P2. The minimum absolute atomic E-state index is 0.0757. The summed E-state index contributed by atoms with van der Waals surface area (Å²) in [6.07, 6.45) is 0.0757. The van der Waals surface area contributed by atoms with Gasteiger partial charge in [0.25, 0.3) is 0 Å². The molecule has 1 atom stereocenters. The maximum absolute atomic E-state index is 14.9. The first kappa shape index (κ1) is 28.3. The van der Waals surface area contributed by atoms with Gasteiger partial charge in [0.05, 0.1) is 10.6 Å². The number of carbonyl (C=O) groups excluding carboxylic acids is 1. The molecule has 5 aromatic carbocycles. The average molecular weight is 582 g/mol. The first-order chi connectivity index (χ1) is 19.9. The molecule has 0 saturated carbocycles. The van der Waals surface area contributed by atoms with Crippen molar-refractivity contribution in [2.24, 2.45) is 0 Å². The quantitative estimate of drug-likeness (QED) is 0.218. The van der Waals surface area contributed by atoms with Crippen molar-refractivity contribution in [2.45, 2.75) is 12.5 Å². The number of rotatable bonds is 10. The van der Waals surface area contributed by atoms with Crippen LogP contribution in [0.3, 0.4) is 0 Å². The van der Waals surface area contributed by atoms with Crippen LogP contribution in [0.15, 0.2) is 146 Å².